The van der Waals surface area contributed by atoms with Gasteiger partial charge in [-0.15, -0.1) is 3.97 Å². The van der Waals surface area contributed by atoms with Crippen LogP contribution in [-0.2, 0) is 16.6 Å². The summed E-state index contributed by atoms with van der Waals surface area (Å²) in [6.45, 7) is 3.14. The number of nitrogens with zero attached hydrogens (tertiary/aromatic N) is 2. The molecule has 1 heterocycles. The fraction of sp³-hybridized carbons (Fsp3) is 0.786. The summed E-state index contributed by atoms with van der Waals surface area (Å²) in [5, 5.41) is 0. The van der Waals surface area contributed by atoms with Crippen LogP contribution in [0.2, 0.25) is 0 Å². The summed E-state index contributed by atoms with van der Waals surface area (Å²) >= 11 is 0. The van der Waals surface area contributed by atoms with Gasteiger partial charge in [0, 0.05) is 0 Å². The average Bonchev–Trinajstić information content (AvgIpc) is 2.81. The largest absolute Gasteiger partial charge is 0.301 e. The van der Waals surface area contributed by atoms with Gasteiger partial charge in [0.25, 0.3) is 6.33 Å². The van der Waals surface area contributed by atoms with E-state index in [2.05, 4.69) is 6.92 Å². The number of unbranched alkanes of at least 4 members (excludes halogenated alkanes) is 7. The number of rotatable bonds is 10. The van der Waals surface area contributed by atoms with Crippen molar-refractivity contribution >= 4 is 10.0 Å². The summed E-state index contributed by atoms with van der Waals surface area (Å²) in [7, 11) is -3.13. The lowest BCUT2D eigenvalue weighted by Crippen LogP contribution is -2.31. The molecule has 1 aromatic rings. The summed E-state index contributed by atoms with van der Waals surface area (Å²) in [6, 6.07) is 0. The zero-order valence-electron chi connectivity index (χ0n) is 12.2. The predicted molar refractivity (Wildman–Crippen MR) is 77.5 cm³/mol. The van der Waals surface area contributed by atoms with Crippen LogP contribution in [0.1, 0.15) is 58.3 Å². The molecule has 110 valence electrons. The Morgan fingerprint density at radius 2 is 1.58 bits per heavy atom. The molecule has 0 spiro atoms. The third kappa shape index (κ3) is 6.76. The van der Waals surface area contributed by atoms with Gasteiger partial charge in [0.1, 0.15) is 12.4 Å². The van der Waals surface area contributed by atoms with Crippen LogP contribution < -0.4 is 4.57 Å². The van der Waals surface area contributed by atoms with Gasteiger partial charge in [-0.05, 0) is 12.8 Å². The van der Waals surface area contributed by atoms with Crippen LogP contribution in [0.3, 0.4) is 0 Å². The van der Waals surface area contributed by atoms with E-state index in [1.807, 2.05) is 10.8 Å². The molecule has 0 amide bonds. The summed E-state index contributed by atoms with van der Waals surface area (Å²) < 4.78 is 25.8. The standard InChI is InChI=1S/C14H27N2O2S/c1-3-4-5-6-7-8-9-10-11-15-12-13-16(14-15)19(2,17)18/h12-14H,3-11H2,1-2H3/q+1. The zero-order chi connectivity index (χ0) is 14.1. The van der Waals surface area contributed by atoms with Crippen LogP contribution in [0.15, 0.2) is 18.7 Å². The second-order valence-corrected chi connectivity index (χ2v) is 7.11. The second kappa shape index (κ2) is 8.35. The Bertz CT molecular complexity index is 452. The molecule has 0 saturated carbocycles. The van der Waals surface area contributed by atoms with Gasteiger partial charge < -0.3 is 0 Å². The first-order valence-corrected chi connectivity index (χ1v) is 9.16. The molecule has 0 fully saturated rings. The highest BCUT2D eigenvalue weighted by Gasteiger charge is 2.12. The van der Waals surface area contributed by atoms with Crippen molar-refractivity contribution in [3.63, 3.8) is 0 Å². The molecule has 5 heteroatoms. The van der Waals surface area contributed by atoms with Gasteiger partial charge in [-0.3, -0.25) is 0 Å². The first-order valence-electron chi connectivity index (χ1n) is 7.31. The van der Waals surface area contributed by atoms with E-state index in [0.29, 0.717) is 0 Å². The van der Waals surface area contributed by atoms with Crippen molar-refractivity contribution in [3.8, 4) is 0 Å². The molecule has 0 N–H and O–H groups in total. The van der Waals surface area contributed by atoms with Crippen molar-refractivity contribution in [2.45, 2.75) is 64.8 Å². The topological polar surface area (TPSA) is 43.0 Å². The molecule has 0 aliphatic heterocycles. The van der Waals surface area contributed by atoms with Crippen LogP contribution in [0, 0.1) is 0 Å². The van der Waals surface area contributed by atoms with Gasteiger partial charge in [-0.2, -0.15) is 8.42 Å². The molecule has 0 saturated heterocycles. The second-order valence-electron chi connectivity index (χ2n) is 5.22. The number of imidazole rings is 1. The third-order valence-corrected chi connectivity index (χ3v) is 4.30. The Morgan fingerprint density at radius 3 is 2.11 bits per heavy atom. The Morgan fingerprint density at radius 1 is 1.00 bits per heavy atom. The zero-order valence-corrected chi connectivity index (χ0v) is 13.0. The van der Waals surface area contributed by atoms with E-state index >= 15 is 0 Å². The minimum Gasteiger partial charge on any atom is -0.236 e. The summed E-state index contributed by atoms with van der Waals surface area (Å²) in [6.07, 6.45) is 16.6. The molecule has 0 bridgehead atoms. The Labute approximate surface area is 117 Å². The highest BCUT2D eigenvalue weighted by molar-refractivity contribution is 7.89. The first kappa shape index (κ1) is 16.2. The van der Waals surface area contributed by atoms with Crippen LogP contribution in [0.4, 0.5) is 0 Å². The van der Waals surface area contributed by atoms with E-state index in [9.17, 15) is 8.42 Å². The van der Waals surface area contributed by atoms with Gasteiger partial charge in [-0.1, -0.05) is 45.4 Å². The molecular weight excluding hydrogens is 260 g/mol. The van der Waals surface area contributed by atoms with Crippen molar-refractivity contribution in [1.82, 2.24) is 3.97 Å². The highest BCUT2D eigenvalue weighted by atomic mass is 32.2. The van der Waals surface area contributed by atoms with Gasteiger partial charge in [0.2, 0.25) is 0 Å². The van der Waals surface area contributed by atoms with E-state index in [4.69, 9.17) is 0 Å². The van der Waals surface area contributed by atoms with E-state index < -0.39 is 10.0 Å². The van der Waals surface area contributed by atoms with Crippen LogP contribution >= 0.6 is 0 Å². The molecule has 0 aliphatic carbocycles. The first-order chi connectivity index (χ1) is 9.04. The fourth-order valence-corrected chi connectivity index (χ4v) is 2.70. The van der Waals surface area contributed by atoms with Crippen molar-refractivity contribution in [2.24, 2.45) is 0 Å². The van der Waals surface area contributed by atoms with Crippen molar-refractivity contribution in [2.75, 3.05) is 6.26 Å². The molecule has 0 aliphatic rings. The molecule has 0 unspecified atom stereocenters. The van der Waals surface area contributed by atoms with Crippen LogP contribution in [-0.4, -0.2) is 18.6 Å². The van der Waals surface area contributed by atoms with E-state index in [0.717, 1.165) is 13.0 Å². The predicted octanol–water partition coefficient (Wildman–Crippen LogP) is 2.72. The third-order valence-electron chi connectivity index (χ3n) is 3.32. The smallest absolute Gasteiger partial charge is 0.236 e. The SMILES string of the molecule is CCCCCCCCCC[n+]1ccn(S(C)(=O)=O)c1. The molecule has 19 heavy (non-hydrogen) atoms. The van der Waals surface area contributed by atoms with E-state index in [1.165, 1.54) is 55.2 Å². The van der Waals surface area contributed by atoms with Crippen molar-refractivity contribution < 1.29 is 13.0 Å². The minimum absolute atomic E-state index is 0.900. The summed E-state index contributed by atoms with van der Waals surface area (Å²) in [5.74, 6) is 0. The number of hydrogen-bond acceptors (Lipinski definition) is 2. The van der Waals surface area contributed by atoms with Gasteiger partial charge >= 0.3 is 10.0 Å². The Hall–Kier alpha value is -0.840. The quantitative estimate of drug-likeness (QED) is 0.490. The van der Waals surface area contributed by atoms with Crippen molar-refractivity contribution in [3.05, 3.63) is 18.7 Å². The molecule has 0 atom stereocenters. The van der Waals surface area contributed by atoms with Gasteiger partial charge in [0.15, 0.2) is 0 Å². The average molecular weight is 287 g/mol. The normalized spacial score (nSPS) is 11.9. The lowest BCUT2D eigenvalue weighted by molar-refractivity contribution is -0.696. The number of aryl methyl sites for hydroxylation is 1. The van der Waals surface area contributed by atoms with Gasteiger partial charge in [-0.25, -0.2) is 4.57 Å². The summed E-state index contributed by atoms with van der Waals surface area (Å²) in [4.78, 5) is 0. The van der Waals surface area contributed by atoms with Crippen LogP contribution in [0.5, 0.6) is 0 Å². The lowest BCUT2D eigenvalue weighted by atomic mass is 10.1. The Balaban J connectivity index is 2.11. The maximum absolute atomic E-state index is 11.3. The number of aromatic nitrogens is 2. The maximum atomic E-state index is 11.3. The fourth-order valence-electron chi connectivity index (χ4n) is 2.13. The molecular formula is C14H27N2O2S+. The van der Waals surface area contributed by atoms with E-state index in [-0.39, 0.29) is 0 Å². The summed E-state index contributed by atoms with van der Waals surface area (Å²) in [5.41, 5.74) is 0. The maximum Gasteiger partial charge on any atom is 0.301 e. The minimum atomic E-state index is -3.13. The molecule has 4 nitrogen and oxygen atoms in total. The molecule has 0 aromatic carbocycles. The Kier molecular flexibility index (Phi) is 7.13. The highest BCUT2D eigenvalue weighted by Crippen LogP contribution is 2.08. The number of hydrogen-bond donors (Lipinski definition) is 0. The molecule has 1 aromatic heterocycles. The van der Waals surface area contributed by atoms with Gasteiger partial charge in [0.05, 0.1) is 12.8 Å². The molecule has 1 rings (SSSR count). The lowest BCUT2D eigenvalue weighted by Gasteiger charge is -2.00. The monoisotopic (exact) mass is 287 g/mol. The van der Waals surface area contributed by atoms with E-state index in [1.54, 1.807) is 12.5 Å². The van der Waals surface area contributed by atoms with Crippen molar-refractivity contribution in [1.29, 1.82) is 0 Å². The molecule has 0 radical (unpaired) electrons. The van der Waals surface area contributed by atoms with Crippen LogP contribution in [0.25, 0.3) is 0 Å².